The molecule has 0 bridgehead atoms. The number of hydrogen-bond donors (Lipinski definition) is 3. The number of carbonyl (C=O) groups is 1. The molecule has 134 valence electrons. The first-order valence-corrected chi connectivity index (χ1v) is 9.75. The number of amides is 1. The zero-order chi connectivity index (χ0) is 18.0. The fraction of sp³-hybridized carbons (Fsp3) is 0.588. The minimum Gasteiger partial charge on any atom is -0.324 e. The molecule has 0 aliphatic heterocycles. The van der Waals surface area contributed by atoms with Gasteiger partial charge in [-0.1, -0.05) is 25.3 Å². The first-order chi connectivity index (χ1) is 11.0. The van der Waals surface area contributed by atoms with Gasteiger partial charge in [0.2, 0.25) is 15.9 Å². The Morgan fingerprint density at radius 2 is 1.79 bits per heavy atom. The largest absolute Gasteiger partial charge is 0.324 e. The molecule has 0 aromatic heterocycles. The van der Waals surface area contributed by atoms with Crippen molar-refractivity contribution in [3.05, 3.63) is 24.3 Å². The molecular formula is C17H27N3O3S. The van der Waals surface area contributed by atoms with Gasteiger partial charge in [0.25, 0.3) is 0 Å². The molecule has 4 N–H and O–H groups in total. The van der Waals surface area contributed by atoms with Gasteiger partial charge in [-0.3, -0.25) is 4.79 Å². The lowest BCUT2D eigenvalue weighted by atomic mass is 9.82. The van der Waals surface area contributed by atoms with Gasteiger partial charge in [-0.2, -0.15) is 0 Å². The maximum absolute atomic E-state index is 12.5. The van der Waals surface area contributed by atoms with Crippen LogP contribution in [0.4, 0.5) is 5.69 Å². The zero-order valence-electron chi connectivity index (χ0n) is 14.6. The van der Waals surface area contributed by atoms with Gasteiger partial charge in [-0.15, -0.1) is 0 Å². The average molecular weight is 353 g/mol. The Balaban J connectivity index is 2.17. The highest BCUT2D eigenvalue weighted by Gasteiger charge is 2.35. The molecule has 1 aliphatic rings. The molecule has 2 rings (SSSR count). The maximum Gasteiger partial charge on any atom is 0.244 e. The van der Waals surface area contributed by atoms with E-state index in [0.29, 0.717) is 18.5 Å². The minimum atomic E-state index is -3.65. The molecule has 0 spiro atoms. The normalized spacial score (nSPS) is 18.2. The number of rotatable bonds is 4. The van der Waals surface area contributed by atoms with Crippen LogP contribution in [0.2, 0.25) is 0 Å². The highest BCUT2D eigenvalue weighted by Crippen LogP contribution is 2.27. The lowest BCUT2D eigenvalue weighted by Gasteiger charge is -2.31. The fourth-order valence-corrected chi connectivity index (χ4v) is 4.33. The van der Waals surface area contributed by atoms with Gasteiger partial charge in [0.1, 0.15) is 0 Å². The standard InChI is InChI=1S/C17H27N3O3S/c1-16(2,3)20-24(22,23)14-9-7-8-13(12-14)19-15(21)17(18)10-5-4-6-11-17/h7-9,12,20H,4-6,10-11,18H2,1-3H3,(H,19,21). The second-order valence-corrected chi connectivity index (χ2v) is 9.24. The lowest BCUT2D eigenvalue weighted by molar-refractivity contribution is -0.122. The molecule has 0 saturated heterocycles. The van der Waals surface area contributed by atoms with E-state index in [1.807, 2.05) is 0 Å². The second kappa shape index (κ2) is 6.82. The summed E-state index contributed by atoms with van der Waals surface area (Å²) in [6, 6.07) is 6.23. The summed E-state index contributed by atoms with van der Waals surface area (Å²) in [6.07, 6.45) is 4.28. The number of anilines is 1. The molecular weight excluding hydrogens is 326 g/mol. The van der Waals surface area contributed by atoms with Crippen LogP contribution in [0.1, 0.15) is 52.9 Å². The quantitative estimate of drug-likeness (QED) is 0.773. The van der Waals surface area contributed by atoms with Crippen LogP contribution in [0.25, 0.3) is 0 Å². The van der Waals surface area contributed by atoms with Gasteiger partial charge >= 0.3 is 0 Å². The summed E-state index contributed by atoms with van der Waals surface area (Å²) in [7, 11) is -3.65. The van der Waals surface area contributed by atoms with Crippen molar-refractivity contribution in [3.63, 3.8) is 0 Å². The zero-order valence-corrected chi connectivity index (χ0v) is 15.4. The van der Waals surface area contributed by atoms with E-state index in [2.05, 4.69) is 10.0 Å². The van der Waals surface area contributed by atoms with Crippen molar-refractivity contribution in [1.29, 1.82) is 0 Å². The van der Waals surface area contributed by atoms with Gasteiger partial charge < -0.3 is 11.1 Å². The van der Waals surface area contributed by atoms with Crippen LogP contribution >= 0.6 is 0 Å². The molecule has 1 aliphatic carbocycles. The van der Waals surface area contributed by atoms with Crippen LogP contribution in [-0.2, 0) is 14.8 Å². The van der Waals surface area contributed by atoms with E-state index in [1.165, 1.54) is 12.1 Å². The predicted octanol–water partition coefficient (Wildman–Crippen LogP) is 2.36. The van der Waals surface area contributed by atoms with Gasteiger partial charge in [0.15, 0.2) is 0 Å². The Morgan fingerprint density at radius 3 is 2.38 bits per heavy atom. The number of hydrogen-bond acceptors (Lipinski definition) is 4. The van der Waals surface area contributed by atoms with E-state index in [9.17, 15) is 13.2 Å². The van der Waals surface area contributed by atoms with Gasteiger partial charge in [0, 0.05) is 11.2 Å². The molecule has 24 heavy (non-hydrogen) atoms. The highest BCUT2D eigenvalue weighted by molar-refractivity contribution is 7.89. The van der Waals surface area contributed by atoms with E-state index in [4.69, 9.17) is 5.73 Å². The molecule has 0 heterocycles. The fourth-order valence-electron chi connectivity index (χ4n) is 2.87. The van der Waals surface area contributed by atoms with Gasteiger partial charge in [0.05, 0.1) is 10.4 Å². The summed E-state index contributed by atoms with van der Waals surface area (Å²) >= 11 is 0. The van der Waals surface area contributed by atoms with Crippen molar-refractivity contribution in [3.8, 4) is 0 Å². The predicted molar refractivity (Wildman–Crippen MR) is 95.1 cm³/mol. The molecule has 0 radical (unpaired) electrons. The van der Waals surface area contributed by atoms with Crippen LogP contribution in [0.3, 0.4) is 0 Å². The molecule has 1 amide bonds. The second-order valence-electron chi connectivity index (χ2n) is 7.55. The third-order valence-electron chi connectivity index (χ3n) is 4.04. The smallest absolute Gasteiger partial charge is 0.244 e. The number of sulfonamides is 1. The summed E-state index contributed by atoms with van der Waals surface area (Å²) in [6.45, 7) is 5.33. The Hall–Kier alpha value is -1.44. The van der Waals surface area contributed by atoms with Crippen molar-refractivity contribution < 1.29 is 13.2 Å². The van der Waals surface area contributed by atoms with Crippen molar-refractivity contribution in [2.45, 2.75) is 68.8 Å². The molecule has 1 aromatic rings. The average Bonchev–Trinajstić information content (AvgIpc) is 2.46. The van der Waals surface area contributed by atoms with Gasteiger partial charge in [-0.05, 0) is 51.8 Å². The van der Waals surface area contributed by atoms with Crippen molar-refractivity contribution in [2.24, 2.45) is 5.73 Å². The van der Waals surface area contributed by atoms with Gasteiger partial charge in [-0.25, -0.2) is 13.1 Å². The van der Waals surface area contributed by atoms with Crippen molar-refractivity contribution in [2.75, 3.05) is 5.32 Å². The summed E-state index contributed by atoms with van der Waals surface area (Å²) in [5.41, 5.74) is 5.21. The maximum atomic E-state index is 12.5. The SMILES string of the molecule is CC(C)(C)NS(=O)(=O)c1cccc(NC(=O)C2(N)CCCCC2)c1. The molecule has 7 heteroatoms. The molecule has 0 atom stereocenters. The Kier molecular flexibility index (Phi) is 5.37. The van der Waals surface area contributed by atoms with Crippen LogP contribution in [0, 0.1) is 0 Å². The monoisotopic (exact) mass is 353 g/mol. The number of nitrogens with two attached hydrogens (primary N) is 1. The number of carbonyl (C=O) groups excluding carboxylic acids is 1. The molecule has 6 nitrogen and oxygen atoms in total. The molecule has 1 saturated carbocycles. The topological polar surface area (TPSA) is 101 Å². The Labute approximate surface area is 144 Å². The van der Waals surface area contributed by atoms with E-state index >= 15 is 0 Å². The highest BCUT2D eigenvalue weighted by atomic mass is 32.2. The van der Waals surface area contributed by atoms with Crippen molar-refractivity contribution >= 4 is 21.6 Å². The first kappa shape index (κ1) is 18.9. The van der Waals surface area contributed by atoms with E-state index in [1.54, 1.807) is 32.9 Å². The third kappa shape index (κ3) is 4.78. The Bertz CT molecular complexity index is 702. The van der Waals surface area contributed by atoms with E-state index in [-0.39, 0.29) is 10.8 Å². The number of benzene rings is 1. The lowest BCUT2D eigenvalue weighted by Crippen LogP contribution is -2.52. The third-order valence-corrected chi connectivity index (χ3v) is 5.80. The van der Waals surface area contributed by atoms with E-state index < -0.39 is 21.1 Å². The van der Waals surface area contributed by atoms with Crippen LogP contribution in [-0.4, -0.2) is 25.4 Å². The molecule has 0 unspecified atom stereocenters. The first-order valence-electron chi connectivity index (χ1n) is 8.26. The minimum absolute atomic E-state index is 0.116. The Morgan fingerprint density at radius 1 is 1.17 bits per heavy atom. The summed E-state index contributed by atoms with van der Waals surface area (Å²) in [5.74, 6) is -0.250. The molecule has 1 aromatic carbocycles. The van der Waals surface area contributed by atoms with Crippen LogP contribution in [0.15, 0.2) is 29.2 Å². The molecule has 1 fully saturated rings. The summed E-state index contributed by atoms with van der Waals surface area (Å²) < 4.78 is 27.4. The summed E-state index contributed by atoms with van der Waals surface area (Å²) in [4.78, 5) is 12.6. The van der Waals surface area contributed by atoms with Crippen LogP contribution < -0.4 is 15.8 Å². The van der Waals surface area contributed by atoms with E-state index in [0.717, 1.165) is 19.3 Å². The van der Waals surface area contributed by atoms with Crippen molar-refractivity contribution in [1.82, 2.24) is 4.72 Å². The van der Waals surface area contributed by atoms with Crippen LogP contribution in [0.5, 0.6) is 0 Å². The summed E-state index contributed by atoms with van der Waals surface area (Å²) in [5, 5.41) is 2.77. The number of nitrogens with one attached hydrogen (secondary N) is 2.